The van der Waals surface area contributed by atoms with E-state index < -0.39 is 5.97 Å². The summed E-state index contributed by atoms with van der Waals surface area (Å²) < 4.78 is 0. The van der Waals surface area contributed by atoms with E-state index in [2.05, 4.69) is 92.4 Å². The molecule has 1 aliphatic rings. The normalized spacial score (nSPS) is 13.3. The van der Waals surface area contributed by atoms with Crippen LogP contribution in [0.3, 0.4) is 0 Å². The lowest BCUT2D eigenvalue weighted by molar-refractivity contribution is 0.0697. The second-order valence-corrected chi connectivity index (χ2v) is 10.1. The van der Waals surface area contributed by atoms with E-state index in [1.807, 2.05) is 24.3 Å². The van der Waals surface area contributed by atoms with Crippen LogP contribution in [0.25, 0.3) is 21.9 Å². The lowest BCUT2D eigenvalue weighted by Gasteiger charge is -2.28. The molecule has 5 aromatic carbocycles. The van der Waals surface area contributed by atoms with Crippen LogP contribution in [-0.2, 0) is 5.41 Å². The Kier molecular flexibility index (Phi) is 4.97. The van der Waals surface area contributed by atoms with Crippen LogP contribution in [0.15, 0.2) is 103 Å². The quantitative estimate of drug-likeness (QED) is 0.286. The molecule has 0 atom stereocenters. The van der Waals surface area contributed by atoms with Crippen LogP contribution in [0.2, 0.25) is 0 Å². The highest BCUT2D eigenvalue weighted by molar-refractivity contribution is 5.93. The minimum atomic E-state index is -0.934. The summed E-state index contributed by atoms with van der Waals surface area (Å²) in [7, 11) is 0. The highest BCUT2D eigenvalue weighted by Crippen LogP contribution is 2.51. The van der Waals surface area contributed by atoms with Crippen molar-refractivity contribution < 1.29 is 9.90 Å². The maximum Gasteiger partial charge on any atom is 0.335 e. The first-order valence-electron chi connectivity index (χ1n) is 12.2. The molecule has 0 saturated heterocycles. The van der Waals surface area contributed by atoms with E-state index in [4.69, 9.17) is 0 Å². The van der Waals surface area contributed by atoms with Gasteiger partial charge in [-0.1, -0.05) is 80.1 Å². The van der Waals surface area contributed by atoms with Crippen molar-refractivity contribution in [3.63, 3.8) is 0 Å². The molecular weight excluding hydrogens is 442 g/mol. The zero-order valence-corrected chi connectivity index (χ0v) is 20.6. The molecule has 6 rings (SSSR count). The van der Waals surface area contributed by atoms with Crippen molar-refractivity contribution in [2.45, 2.75) is 26.2 Å². The van der Waals surface area contributed by atoms with Crippen LogP contribution in [0.1, 0.15) is 40.9 Å². The van der Waals surface area contributed by atoms with Crippen LogP contribution in [0.5, 0.6) is 0 Å². The van der Waals surface area contributed by atoms with E-state index in [1.165, 1.54) is 33.2 Å². The van der Waals surface area contributed by atoms with Gasteiger partial charge in [-0.15, -0.1) is 0 Å². The van der Waals surface area contributed by atoms with Crippen LogP contribution < -0.4 is 4.90 Å². The lowest BCUT2D eigenvalue weighted by atomic mass is 9.82. The average Bonchev–Trinajstić information content (AvgIpc) is 3.10. The topological polar surface area (TPSA) is 40.5 Å². The second-order valence-electron chi connectivity index (χ2n) is 10.1. The third kappa shape index (κ3) is 3.47. The Morgan fingerprint density at radius 3 is 2.08 bits per heavy atom. The second kappa shape index (κ2) is 8.10. The van der Waals surface area contributed by atoms with Crippen molar-refractivity contribution in [3.05, 3.63) is 125 Å². The predicted molar refractivity (Wildman–Crippen MR) is 148 cm³/mol. The zero-order chi connectivity index (χ0) is 25.0. The van der Waals surface area contributed by atoms with E-state index in [0.29, 0.717) is 0 Å². The van der Waals surface area contributed by atoms with Gasteiger partial charge in [0.15, 0.2) is 0 Å². The van der Waals surface area contributed by atoms with Crippen LogP contribution in [-0.4, -0.2) is 11.1 Å². The molecule has 1 aliphatic carbocycles. The van der Waals surface area contributed by atoms with Crippen LogP contribution in [0.4, 0.5) is 17.1 Å². The Hall–Kier alpha value is -4.37. The Labute approximate surface area is 211 Å². The number of carboxylic acid groups (broad SMARTS) is 1. The summed E-state index contributed by atoms with van der Waals surface area (Å²) in [4.78, 5) is 14.0. The molecule has 0 fully saturated rings. The van der Waals surface area contributed by atoms with Crippen molar-refractivity contribution in [1.82, 2.24) is 0 Å². The molecule has 0 unspecified atom stereocenters. The van der Waals surface area contributed by atoms with Gasteiger partial charge in [-0.3, -0.25) is 0 Å². The summed E-state index contributed by atoms with van der Waals surface area (Å²) in [6, 6.07) is 35.2. The van der Waals surface area contributed by atoms with Gasteiger partial charge in [-0.25, -0.2) is 4.79 Å². The highest BCUT2D eigenvalue weighted by Gasteiger charge is 2.36. The van der Waals surface area contributed by atoms with Gasteiger partial charge in [0.05, 0.1) is 5.56 Å². The van der Waals surface area contributed by atoms with Gasteiger partial charge in [-0.05, 0) is 82.4 Å². The van der Waals surface area contributed by atoms with Gasteiger partial charge in [0.2, 0.25) is 0 Å². The summed E-state index contributed by atoms with van der Waals surface area (Å²) in [6.07, 6.45) is 0. The van der Waals surface area contributed by atoms with E-state index >= 15 is 0 Å². The molecule has 5 aromatic rings. The summed E-state index contributed by atoms with van der Waals surface area (Å²) in [5.74, 6) is -0.934. The van der Waals surface area contributed by atoms with Gasteiger partial charge in [0.1, 0.15) is 0 Å². The number of aromatic carboxylic acids is 1. The molecule has 0 heterocycles. The maximum atomic E-state index is 11.8. The molecule has 0 radical (unpaired) electrons. The van der Waals surface area contributed by atoms with E-state index in [0.717, 1.165) is 22.4 Å². The fourth-order valence-corrected chi connectivity index (χ4v) is 5.52. The maximum absolute atomic E-state index is 11.8. The monoisotopic (exact) mass is 469 g/mol. The van der Waals surface area contributed by atoms with Gasteiger partial charge in [-0.2, -0.15) is 0 Å². The number of anilines is 3. The molecule has 0 saturated carbocycles. The summed E-state index contributed by atoms with van der Waals surface area (Å²) in [5, 5.41) is 12.0. The molecule has 0 bridgehead atoms. The molecule has 0 aromatic heterocycles. The largest absolute Gasteiger partial charge is 0.478 e. The molecule has 0 amide bonds. The number of hydrogen-bond acceptors (Lipinski definition) is 2. The fraction of sp³-hybridized carbons (Fsp3) is 0.121. The SMILES string of the molecule is Cc1ccc2c(c1)C(C)(C)c1cc(N(c3cccc(C(=O)O)c3)c3ccc4ccccc4c3)ccc1-2. The number of rotatable bonds is 4. The number of fused-ring (bicyclic) bond motifs is 4. The summed E-state index contributed by atoms with van der Waals surface area (Å²) in [5.41, 5.74) is 9.37. The van der Waals surface area contributed by atoms with Crippen LogP contribution >= 0.6 is 0 Å². The summed E-state index contributed by atoms with van der Waals surface area (Å²) in [6.45, 7) is 6.71. The standard InChI is InChI=1S/C33H27NO2/c1-21-11-15-28-29-16-14-27(20-31(29)33(2,3)30(28)17-21)34(25-10-6-9-24(19-25)32(35)36)26-13-12-22-7-4-5-8-23(22)18-26/h4-20H,1-3H3,(H,35,36). The molecule has 0 spiro atoms. The molecular formula is C33H27NO2. The zero-order valence-electron chi connectivity index (χ0n) is 20.6. The molecule has 0 aliphatic heterocycles. The molecule has 3 heteroatoms. The van der Waals surface area contributed by atoms with Crippen molar-refractivity contribution in [3.8, 4) is 11.1 Å². The smallest absolute Gasteiger partial charge is 0.335 e. The van der Waals surface area contributed by atoms with E-state index in [-0.39, 0.29) is 11.0 Å². The molecule has 1 N–H and O–H groups in total. The molecule has 36 heavy (non-hydrogen) atoms. The average molecular weight is 470 g/mol. The third-order valence-electron chi connectivity index (χ3n) is 7.42. The number of aryl methyl sites for hydroxylation is 1. The van der Waals surface area contributed by atoms with Crippen molar-refractivity contribution in [2.75, 3.05) is 4.90 Å². The lowest BCUT2D eigenvalue weighted by Crippen LogP contribution is -2.17. The Morgan fingerprint density at radius 1 is 0.667 bits per heavy atom. The van der Waals surface area contributed by atoms with Crippen molar-refractivity contribution in [2.24, 2.45) is 0 Å². The van der Waals surface area contributed by atoms with Gasteiger partial charge in [0.25, 0.3) is 0 Å². The third-order valence-corrected chi connectivity index (χ3v) is 7.42. The minimum Gasteiger partial charge on any atom is -0.478 e. The first-order chi connectivity index (χ1) is 17.3. The van der Waals surface area contributed by atoms with Gasteiger partial charge < -0.3 is 10.0 Å². The van der Waals surface area contributed by atoms with E-state index in [9.17, 15) is 9.90 Å². The number of nitrogens with zero attached hydrogens (tertiary/aromatic N) is 1. The Bertz CT molecular complexity index is 1660. The minimum absolute atomic E-state index is 0.134. The molecule has 3 nitrogen and oxygen atoms in total. The van der Waals surface area contributed by atoms with Crippen molar-refractivity contribution >= 4 is 33.8 Å². The van der Waals surface area contributed by atoms with Crippen LogP contribution in [0, 0.1) is 6.92 Å². The molecule has 176 valence electrons. The predicted octanol–water partition coefficient (Wildman–Crippen LogP) is 8.62. The van der Waals surface area contributed by atoms with Crippen molar-refractivity contribution in [1.29, 1.82) is 0 Å². The highest BCUT2D eigenvalue weighted by atomic mass is 16.4. The first kappa shape index (κ1) is 22.1. The number of hydrogen-bond donors (Lipinski definition) is 1. The fourth-order valence-electron chi connectivity index (χ4n) is 5.52. The number of carbonyl (C=O) groups is 1. The number of benzene rings is 5. The number of carboxylic acids is 1. The van der Waals surface area contributed by atoms with Gasteiger partial charge >= 0.3 is 5.97 Å². The Balaban J connectivity index is 1.56. The van der Waals surface area contributed by atoms with E-state index in [1.54, 1.807) is 12.1 Å². The van der Waals surface area contributed by atoms with Gasteiger partial charge in [0, 0.05) is 22.5 Å². The Morgan fingerprint density at radius 2 is 1.31 bits per heavy atom. The summed E-state index contributed by atoms with van der Waals surface area (Å²) >= 11 is 0. The first-order valence-corrected chi connectivity index (χ1v) is 12.2.